The van der Waals surface area contributed by atoms with Crippen LogP contribution in [0.25, 0.3) is 0 Å². The van der Waals surface area contributed by atoms with Crippen LogP contribution < -0.4 is 0 Å². The number of likely N-dealkylation sites (tertiary alicyclic amines) is 1. The van der Waals surface area contributed by atoms with E-state index in [-0.39, 0.29) is 19.6 Å². The molecule has 1 saturated heterocycles. The maximum absolute atomic E-state index is 11.9. The topological polar surface area (TPSA) is 76.1 Å². The van der Waals surface area contributed by atoms with E-state index in [4.69, 9.17) is 9.47 Å². The molecule has 2 unspecified atom stereocenters. The molecule has 18 heavy (non-hydrogen) atoms. The summed E-state index contributed by atoms with van der Waals surface area (Å²) in [4.78, 5) is 24.8. The molecule has 0 radical (unpaired) electrons. The molecule has 0 bridgehead atoms. The van der Waals surface area contributed by atoms with Gasteiger partial charge in [0.05, 0.1) is 19.3 Å². The molecule has 0 saturated carbocycles. The van der Waals surface area contributed by atoms with Gasteiger partial charge >= 0.3 is 12.1 Å². The van der Waals surface area contributed by atoms with Crippen LogP contribution in [0.15, 0.2) is 0 Å². The second kappa shape index (κ2) is 5.56. The first kappa shape index (κ1) is 14.8. The molecule has 1 fully saturated rings. The van der Waals surface area contributed by atoms with Crippen molar-refractivity contribution in [2.75, 3.05) is 13.2 Å². The molecule has 104 valence electrons. The minimum absolute atomic E-state index is 0.0999. The third-order valence-corrected chi connectivity index (χ3v) is 2.46. The van der Waals surface area contributed by atoms with Crippen molar-refractivity contribution in [3.63, 3.8) is 0 Å². The molecular formula is C12H21NO5. The normalized spacial score (nSPS) is 23.9. The van der Waals surface area contributed by atoms with Crippen molar-refractivity contribution in [1.82, 2.24) is 4.90 Å². The summed E-state index contributed by atoms with van der Waals surface area (Å²) in [5.74, 6) is -0.507. The minimum Gasteiger partial charge on any atom is -0.458 e. The van der Waals surface area contributed by atoms with Gasteiger partial charge in [0.2, 0.25) is 0 Å². The molecule has 2 atom stereocenters. The van der Waals surface area contributed by atoms with Crippen LogP contribution in [0.1, 0.15) is 34.1 Å². The van der Waals surface area contributed by atoms with Gasteiger partial charge in [-0.15, -0.1) is 0 Å². The number of hydrogen-bond donors (Lipinski definition) is 1. The van der Waals surface area contributed by atoms with Gasteiger partial charge in [-0.05, 0) is 27.7 Å². The third-order valence-electron chi connectivity index (χ3n) is 2.46. The second-order valence-electron chi connectivity index (χ2n) is 5.29. The van der Waals surface area contributed by atoms with Crippen LogP contribution in [0.2, 0.25) is 0 Å². The zero-order valence-electron chi connectivity index (χ0n) is 11.3. The van der Waals surface area contributed by atoms with Crippen molar-refractivity contribution >= 4 is 12.1 Å². The number of ether oxygens (including phenoxy) is 2. The van der Waals surface area contributed by atoms with Gasteiger partial charge in [0, 0.05) is 6.42 Å². The molecule has 0 aromatic heterocycles. The molecule has 0 aromatic rings. The molecule has 1 rings (SSSR count). The number of carbonyl (C=O) groups excluding carboxylic acids is 2. The zero-order chi connectivity index (χ0) is 13.9. The van der Waals surface area contributed by atoms with E-state index >= 15 is 0 Å². The van der Waals surface area contributed by atoms with E-state index < -0.39 is 29.8 Å². The monoisotopic (exact) mass is 259 g/mol. The van der Waals surface area contributed by atoms with Crippen LogP contribution in [0.5, 0.6) is 0 Å². The number of aliphatic hydroxyl groups excluding tert-OH is 1. The highest BCUT2D eigenvalue weighted by Gasteiger charge is 2.41. The molecule has 6 heteroatoms. The standard InChI is InChI=1S/C12H21NO5/c1-5-17-11(16)13-7-8(14)6-9(13)10(15)18-12(2,3)4/h8-9,14H,5-7H2,1-4H3. The smallest absolute Gasteiger partial charge is 0.410 e. The molecule has 1 heterocycles. The second-order valence-corrected chi connectivity index (χ2v) is 5.29. The van der Waals surface area contributed by atoms with Gasteiger partial charge in [-0.2, -0.15) is 0 Å². The van der Waals surface area contributed by atoms with Crippen LogP contribution in [0, 0.1) is 0 Å². The molecule has 1 aliphatic heterocycles. The van der Waals surface area contributed by atoms with Gasteiger partial charge in [0.1, 0.15) is 11.6 Å². The number of aliphatic hydroxyl groups is 1. The number of nitrogens with zero attached hydrogens (tertiary/aromatic N) is 1. The largest absolute Gasteiger partial charge is 0.458 e. The molecule has 0 aromatic carbocycles. The summed E-state index contributed by atoms with van der Waals surface area (Å²) in [7, 11) is 0. The zero-order valence-corrected chi connectivity index (χ0v) is 11.3. The summed E-state index contributed by atoms with van der Waals surface area (Å²) in [6.45, 7) is 7.28. The third kappa shape index (κ3) is 3.87. The maximum atomic E-state index is 11.9. The van der Waals surface area contributed by atoms with Crippen molar-refractivity contribution in [2.24, 2.45) is 0 Å². The summed E-state index contributed by atoms with van der Waals surface area (Å²) < 4.78 is 10.1. The first-order chi connectivity index (χ1) is 8.24. The van der Waals surface area contributed by atoms with E-state index in [9.17, 15) is 14.7 Å². The Kier molecular flexibility index (Phi) is 4.56. The number of amides is 1. The van der Waals surface area contributed by atoms with Crippen LogP contribution in [0.3, 0.4) is 0 Å². The fourth-order valence-corrected chi connectivity index (χ4v) is 1.82. The Labute approximate surface area is 107 Å². The number of hydrogen-bond acceptors (Lipinski definition) is 5. The summed E-state index contributed by atoms with van der Waals surface area (Å²) >= 11 is 0. The lowest BCUT2D eigenvalue weighted by atomic mass is 10.1. The van der Waals surface area contributed by atoms with Gasteiger partial charge < -0.3 is 14.6 Å². The van der Waals surface area contributed by atoms with Crippen molar-refractivity contribution < 1.29 is 24.2 Å². The predicted octanol–water partition coefficient (Wildman–Crippen LogP) is 0.920. The Morgan fingerprint density at radius 2 is 2.00 bits per heavy atom. The fraction of sp³-hybridized carbons (Fsp3) is 0.833. The maximum Gasteiger partial charge on any atom is 0.410 e. The predicted molar refractivity (Wildman–Crippen MR) is 64.0 cm³/mol. The number of carbonyl (C=O) groups is 2. The average Bonchev–Trinajstić information content (AvgIpc) is 2.58. The molecule has 1 N–H and O–H groups in total. The van der Waals surface area contributed by atoms with E-state index in [0.29, 0.717) is 0 Å². The highest BCUT2D eigenvalue weighted by molar-refractivity contribution is 5.82. The number of rotatable bonds is 2. The Hall–Kier alpha value is -1.30. The van der Waals surface area contributed by atoms with Crippen LogP contribution in [-0.4, -0.2) is 53.0 Å². The summed E-state index contributed by atoms with van der Waals surface area (Å²) in [5.41, 5.74) is -0.620. The van der Waals surface area contributed by atoms with Gasteiger partial charge in [-0.3, -0.25) is 4.90 Å². The number of esters is 1. The van der Waals surface area contributed by atoms with E-state index in [0.717, 1.165) is 0 Å². The number of β-amino-alcohol motifs (C(OH)–C–C–N with tert-alkyl or cyclic N) is 1. The summed E-state index contributed by atoms with van der Waals surface area (Å²) in [6.07, 6.45) is -1.12. The lowest BCUT2D eigenvalue weighted by Gasteiger charge is -2.26. The Balaban J connectivity index is 2.72. The molecule has 0 aliphatic carbocycles. The Morgan fingerprint density at radius 3 is 2.50 bits per heavy atom. The highest BCUT2D eigenvalue weighted by Crippen LogP contribution is 2.22. The molecular weight excluding hydrogens is 238 g/mol. The van der Waals surface area contributed by atoms with Crippen LogP contribution >= 0.6 is 0 Å². The first-order valence-corrected chi connectivity index (χ1v) is 6.09. The van der Waals surface area contributed by atoms with Crippen molar-refractivity contribution in [2.45, 2.75) is 51.9 Å². The van der Waals surface area contributed by atoms with Gasteiger partial charge in [0.25, 0.3) is 0 Å². The molecule has 6 nitrogen and oxygen atoms in total. The van der Waals surface area contributed by atoms with E-state index in [2.05, 4.69) is 0 Å². The van der Waals surface area contributed by atoms with Crippen molar-refractivity contribution in [1.29, 1.82) is 0 Å². The quantitative estimate of drug-likeness (QED) is 0.746. The van der Waals surface area contributed by atoms with Gasteiger partial charge in [0.15, 0.2) is 0 Å². The van der Waals surface area contributed by atoms with Crippen LogP contribution in [-0.2, 0) is 14.3 Å². The SMILES string of the molecule is CCOC(=O)N1CC(O)CC1C(=O)OC(C)(C)C. The van der Waals surface area contributed by atoms with Crippen molar-refractivity contribution in [3.8, 4) is 0 Å². The van der Waals surface area contributed by atoms with E-state index in [1.54, 1.807) is 27.7 Å². The van der Waals surface area contributed by atoms with E-state index in [1.807, 2.05) is 0 Å². The van der Waals surface area contributed by atoms with Gasteiger partial charge in [-0.25, -0.2) is 9.59 Å². The molecule has 1 aliphatic rings. The molecule has 0 spiro atoms. The molecule has 1 amide bonds. The first-order valence-electron chi connectivity index (χ1n) is 6.09. The summed E-state index contributed by atoms with van der Waals surface area (Å²) in [5, 5.41) is 9.58. The lowest BCUT2D eigenvalue weighted by molar-refractivity contribution is -0.159. The minimum atomic E-state index is -0.765. The average molecular weight is 259 g/mol. The summed E-state index contributed by atoms with van der Waals surface area (Å²) in [6, 6.07) is -0.765. The van der Waals surface area contributed by atoms with E-state index in [1.165, 1.54) is 4.90 Å². The fourth-order valence-electron chi connectivity index (χ4n) is 1.82. The Morgan fingerprint density at radius 1 is 1.39 bits per heavy atom. The Bertz CT molecular complexity index is 323. The van der Waals surface area contributed by atoms with Gasteiger partial charge in [-0.1, -0.05) is 0 Å². The van der Waals surface area contributed by atoms with Crippen LogP contribution in [0.4, 0.5) is 4.79 Å². The highest BCUT2D eigenvalue weighted by atomic mass is 16.6. The lowest BCUT2D eigenvalue weighted by Crippen LogP contribution is -2.43. The van der Waals surface area contributed by atoms with Crippen molar-refractivity contribution in [3.05, 3.63) is 0 Å².